The maximum atomic E-state index is 9.09. The third-order valence-corrected chi connectivity index (χ3v) is 2.25. The topological polar surface area (TPSA) is 29.5 Å². The fraction of sp³-hybridized carbons (Fsp3) is 0.500. The van der Waals surface area contributed by atoms with Gasteiger partial charge < -0.3 is 9.84 Å². The number of methoxy groups -OCH3 is 1. The summed E-state index contributed by atoms with van der Waals surface area (Å²) in [5.41, 5.74) is 1.30. The van der Waals surface area contributed by atoms with Crippen molar-refractivity contribution in [3.05, 3.63) is 29.8 Å². The maximum absolute atomic E-state index is 9.09. The fourth-order valence-corrected chi connectivity index (χ4v) is 1.39. The lowest BCUT2D eigenvalue weighted by Crippen LogP contribution is -1.99. The molecule has 0 bridgehead atoms. The van der Waals surface area contributed by atoms with E-state index in [0.717, 1.165) is 25.0 Å². The van der Waals surface area contributed by atoms with Crippen LogP contribution >= 0.6 is 0 Å². The van der Waals surface area contributed by atoms with Crippen molar-refractivity contribution in [1.82, 2.24) is 0 Å². The van der Waals surface area contributed by atoms with Crippen LogP contribution in [0.3, 0.4) is 0 Å². The Labute approximate surface area is 85.5 Å². The maximum Gasteiger partial charge on any atom is 0.118 e. The van der Waals surface area contributed by atoms with Gasteiger partial charge in [-0.3, -0.25) is 0 Å². The highest BCUT2D eigenvalue weighted by atomic mass is 16.5. The summed E-state index contributed by atoms with van der Waals surface area (Å²) >= 11 is 0. The molecule has 0 unspecified atom stereocenters. The third kappa shape index (κ3) is 3.79. The number of aliphatic hydroxyl groups excluding tert-OH is 1. The van der Waals surface area contributed by atoms with Crippen molar-refractivity contribution in [1.29, 1.82) is 0 Å². The first kappa shape index (κ1) is 11.1. The molecule has 0 radical (unpaired) electrons. The van der Waals surface area contributed by atoms with Crippen LogP contribution in [-0.2, 0) is 6.42 Å². The summed E-state index contributed by atoms with van der Waals surface area (Å²) in [6.07, 6.45) is 2.73. The van der Waals surface area contributed by atoms with E-state index in [1.807, 2.05) is 19.1 Å². The monoisotopic (exact) mass is 194 g/mol. The molecule has 0 saturated carbocycles. The summed E-state index contributed by atoms with van der Waals surface area (Å²) in [6.45, 7) is 1.83. The smallest absolute Gasteiger partial charge is 0.118 e. The molecule has 1 atom stereocenters. The van der Waals surface area contributed by atoms with Crippen LogP contribution in [0.15, 0.2) is 24.3 Å². The summed E-state index contributed by atoms with van der Waals surface area (Å²) in [6, 6.07) is 8.08. The minimum absolute atomic E-state index is 0.187. The molecule has 14 heavy (non-hydrogen) atoms. The van der Waals surface area contributed by atoms with Crippen molar-refractivity contribution in [2.24, 2.45) is 0 Å². The lowest BCUT2D eigenvalue weighted by atomic mass is 10.1. The number of ether oxygens (including phenoxy) is 1. The van der Waals surface area contributed by atoms with Gasteiger partial charge in [-0.15, -0.1) is 0 Å². The largest absolute Gasteiger partial charge is 0.497 e. The van der Waals surface area contributed by atoms with Crippen molar-refractivity contribution in [2.75, 3.05) is 7.11 Å². The summed E-state index contributed by atoms with van der Waals surface area (Å²) in [7, 11) is 1.67. The van der Waals surface area contributed by atoms with Crippen molar-refractivity contribution in [3.8, 4) is 5.75 Å². The van der Waals surface area contributed by atoms with E-state index in [4.69, 9.17) is 9.84 Å². The molecular formula is C12H18O2. The van der Waals surface area contributed by atoms with Crippen LogP contribution in [0.4, 0.5) is 0 Å². The van der Waals surface area contributed by atoms with E-state index in [2.05, 4.69) is 12.1 Å². The lowest BCUT2D eigenvalue weighted by molar-refractivity contribution is 0.182. The summed E-state index contributed by atoms with van der Waals surface area (Å²) < 4.78 is 5.07. The molecule has 0 saturated heterocycles. The minimum atomic E-state index is -0.187. The molecule has 1 aromatic rings. The molecule has 0 fully saturated rings. The molecule has 1 aromatic carbocycles. The van der Waals surface area contributed by atoms with Crippen LogP contribution in [0.1, 0.15) is 25.3 Å². The van der Waals surface area contributed by atoms with Gasteiger partial charge in [-0.05, 0) is 43.9 Å². The van der Waals surface area contributed by atoms with Gasteiger partial charge in [0.2, 0.25) is 0 Å². The molecule has 78 valence electrons. The van der Waals surface area contributed by atoms with Crippen molar-refractivity contribution in [2.45, 2.75) is 32.3 Å². The van der Waals surface area contributed by atoms with Gasteiger partial charge in [0.25, 0.3) is 0 Å². The first-order chi connectivity index (χ1) is 6.72. The Morgan fingerprint density at radius 2 is 1.93 bits per heavy atom. The molecule has 0 heterocycles. The quantitative estimate of drug-likeness (QED) is 0.780. The Bertz CT molecular complexity index is 252. The standard InChI is InChI=1S/C12H18O2/c1-10(13)4-3-5-11-6-8-12(14-2)9-7-11/h6-10,13H,3-5H2,1-2H3/t10-/m0/s1. The second-order valence-electron chi connectivity index (χ2n) is 3.59. The van der Waals surface area contributed by atoms with Crippen molar-refractivity contribution < 1.29 is 9.84 Å². The Balaban J connectivity index is 2.36. The summed E-state index contributed by atoms with van der Waals surface area (Å²) in [5.74, 6) is 0.893. The number of rotatable bonds is 5. The highest BCUT2D eigenvalue weighted by Gasteiger charge is 1.97. The molecule has 0 amide bonds. The van der Waals surface area contributed by atoms with Gasteiger partial charge in [0.1, 0.15) is 5.75 Å². The molecule has 0 aliphatic heterocycles. The molecule has 0 aliphatic rings. The number of hydrogen-bond acceptors (Lipinski definition) is 2. The van der Waals surface area contributed by atoms with Crippen LogP contribution in [0, 0.1) is 0 Å². The summed E-state index contributed by atoms with van der Waals surface area (Å²) in [4.78, 5) is 0. The Morgan fingerprint density at radius 3 is 2.43 bits per heavy atom. The second-order valence-corrected chi connectivity index (χ2v) is 3.59. The molecule has 0 aromatic heterocycles. The minimum Gasteiger partial charge on any atom is -0.497 e. The average Bonchev–Trinajstić information content (AvgIpc) is 2.18. The zero-order valence-electron chi connectivity index (χ0n) is 8.86. The molecule has 0 spiro atoms. The van der Waals surface area contributed by atoms with E-state index >= 15 is 0 Å². The van der Waals surface area contributed by atoms with E-state index < -0.39 is 0 Å². The van der Waals surface area contributed by atoms with Crippen molar-refractivity contribution in [3.63, 3.8) is 0 Å². The predicted octanol–water partition coefficient (Wildman–Crippen LogP) is 2.40. The zero-order valence-corrected chi connectivity index (χ0v) is 8.86. The normalized spacial score (nSPS) is 12.5. The first-order valence-electron chi connectivity index (χ1n) is 5.03. The van der Waals surface area contributed by atoms with Crippen LogP contribution in [0.5, 0.6) is 5.75 Å². The van der Waals surface area contributed by atoms with E-state index in [1.165, 1.54) is 5.56 Å². The Hall–Kier alpha value is -1.02. The SMILES string of the molecule is COc1ccc(CCC[C@H](C)O)cc1. The van der Waals surface area contributed by atoms with Gasteiger partial charge in [-0.25, -0.2) is 0 Å². The van der Waals surface area contributed by atoms with Gasteiger partial charge in [-0.2, -0.15) is 0 Å². The zero-order chi connectivity index (χ0) is 10.4. The number of benzene rings is 1. The molecule has 2 heteroatoms. The van der Waals surface area contributed by atoms with E-state index in [1.54, 1.807) is 7.11 Å². The van der Waals surface area contributed by atoms with E-state index in [-0.39, 0.29) is 6.10 Å². The molecule has 1 N–H and O–H groups in total. The van der Waals surface area contributed by atoms with E-state index in [0.29, 0.717) is 0 Å². The van der Waals surface area contributed by atoms with Crippen LogP contribution in [0.25, 0.3) is 0 Å². The average molecular weight is 194 g/mol. The van der Waals surface area contributed by atoms with Crippen LogP contribution < -0.4 is 4.74 Å². The first-order valence-corrected chi connectivity index (χ1v) is 5.03. The van der Waals surface area contributed by atoms with Gasteiger partial charge in [0.05, 0.1) is 13.2 Å². The van der Waals surface area contributed by atoms with Gasteiger partial charge in [-0.1, -0.05) is 12.1 Å². The molecule has 1 rings (SSSR count). The number of aryl methyl sites for hydroxylation is 1. The lowest BCUT2D eigenvalue weighted by Gasteiger charge is -2.05. The Kier molecular flexibility index (Phi) is 4.47. The molecule has 2 nitrogen and oxygen atoms in total. The second kappa shape index (κ2) is 5.66. The molecule has 0 aliphatic carbocycles. The molecular weight excluding hydrogens is 176 g/mol. The highest BCUT2D eigenvalue weighted by molar-refractivity contribution is 5.27. The Morgan fingerprint density at radius 1 is 1.29 bits per heavy atom. The van der Waals surface area contributed by atoms with Gasteiger partial charge in [0, 0.05) is 0 Å². The van der Waals surface area contributed by atoms with Crippen molar-refractivity contribution >= 4 is 0 Å². The third-order valence-electron chi connectivity index (χ3n) is 2.25. The van der Waals surface area contributed by atoms with E-state index in [9.17, 15) is 0 Å². The summed E-state index contributed by atoms with van der Waals surface area (Å²) in [5, 5.41) is 9.09. The number of hydrogen-bond donors (Lipinski definition) is 1. The van der Waals surface area contributed by atoms with Gasteiger partial charge >= 0.3 is 0 Å². The fourth-order valence-electron chi connectivity index (χ4n) is 1.39. The van der Waals surface area contributed by atoms with Gasteiger partial charge in [0.15, 0.2) is 0 Å². The predicted molar refractivity (Wildman–Crippen MR) is 57.6 cm³/mol. The highest BCUT2D eigenvalue weighted by Crippen LogP contribution is 2.13. The van der Waals surface area contributed by atoms with Crippen LogP contribution in [-0.4, -0.2) is 18.3 Å². The van der Waals surface area contributed by atoms with Crippen LogP contribution in [0.2, 0.25) is 0 Å². The number of aliphatic hydroxyl groups is 1.